The summed E-state index contributed by atoms with van der Waals surface area (Å²) >= 11 is 0. The van der Waals surface area contributed by atoms with Crippen molar-refractivity contribution in [3.63, 3.8) is 0 Å². The summed E-state index contributed by atoms with van der Waals surface area (Å²) < 4.78 is 4.77. The van der Waals surface area contributed by atoms with Gasteiger partial charge in [0, 0.05) is 38.2 Å². The molecule has 8 aromatic carbocycles. The van der Waals surface area contributed by atoms with Crippen molar-refractivity contribution in [3.8, 4) is 45.5 Å². The first-order chi connectivity index (χ1) is 29.7. The van der Waals surface area contributed by atoms with Crippen LogP contribution in [0.1, 0.15) is 45.2 Å². The van der Waals surface area contributed by atoms with Gasteiger partial charge in [0.2, 0.25) is 5.95 Å². The largest absolute Gasteiger partial charge is 0.307 e. The molecule has 3 aromatic heterocycles. The lowest BCUT2D eigenvalue weighted by molar-refractivity contribution is 0.403. The first kappa shape index (κ1) is 35.6. The summed E-state index contributed by atoms with van der Waals surface area (Å²) in [5.74, 6) is 1.83. The lowest BCUT2D eigenvalue weighted by atomic mass is 9.82. The maximum Gasteiger partial charge on any atom is 0.238 e. The predicted octanol–water partition coefficient (Wildman–Crippen LogP) is 14.2. The molecule has 5 nitrogen and oxygen atoms in total. The number of hydrogen-bond donors (Lipinski definition) is 0. The van der Waals surface area contributed by atoms with Crippen molar-refractivity contribution < 1.29 is 0 Å². The molecule has 0 aliphatic heterocycles. The third kappa shape index (κ3) is 5.43. The van der Waals surface area contributed by atoms with E-state index < -0.39 is 0 Å². The van der Waals surface area contributed by atoms with E-state index in [9.17, 15) is 0 Å². The van der Waals surface area contributed by atoms with Crippen molar-refractivity contribution in [3.05, 3.63) is 187 Å². The van der Waals surface area contributed by atoms with Gasteiger partial charge in [-0.15, -0.1) is 0 Å². The molecule has 0 saturated carbocycles. The van der Waals surface area contributed by atoms with Gasteiger partial charge in [0.15, 0.2) is 11.6 Å². The highest BCUT2D eigenvalue weighted by molar-refractivity contribution is 6.24. The molecule has 1 aliphatic rings. The fourth-order valence-electron chi connectivity index (χ4n) is 10.7. The number of hydrogen-bond acceptors (Lipinski definition) is 3. The quantitative estimate of drug-likeness (QED) is 0.175. The summed E-state index contributed by atoms with van der Waals surface area (Å²) in [5, 5.41) is 6.96. The predicted molar refractivity (Wildman–Crippen MR) is 253 cm³/mol. The summed E-state index contributed by atoms with van der Waals surface area (Å²) in [5.41, 5.74) is 12.9. The molecule has 11 aromatic rings. The minimum atomic E-state index is 0.0819. The fourth-order valence-corrected chi connectivity index (χ4v) is 10.7. The highest BCUT2D eigenvalue weighted by Gasteiger charge is 2.42. The van der Waals surface area contributed by atoms with Crippen molar-refractivity contribution in [1.29, 1.82) is 0 Å². The Balaban J connectivity index is 1.19. The molecule has 1 aliphatic carbocycles. The average Bonchev–Trinajstić information content (AvgIpc) is 3.88. The molecule has 12 rings (SSSR count). The van der Waals surface area contributed by atoms with Gasteiger partial charge in [-0.25, -0.2) is 4.98 Å². The average molecular weight is 786 g/mol. The Kier molecular flexibility index (Phi) is 7.62. The second-order valence-corrected chi connectivity index (χ2v) is 18.0. The van der Waals surface area contributed by atoms with E-state index >= 15 is 0 Å². The van der Waals surface area contributed by atoms with E-state index in [-0.39, 0.29) is 10.8 Å². The zero-order chi connectivity index (χ0) is 41.0. The summed E-state index contributed by atoms with van der Waals surface area (Å²) in [6.45, 7) is 9.57. The standard InChI is InChI=1S/C56H43N5/c1-55(2)34-56(3,4)46-33-38(28-31-45(46)55)40-20-10-13-23-47(40)60-48-24-14-11-21-41(48)43-29-30-44-42-22-12-15-25-49(42)61(51(44)50(43)60)54-58-52(36-17-6-5-7-18-36)57-53(59-54)39-27-26-35-16-8-9-19-37(35)32-39/h5-33H,34H2,1-4H3. The van der Waals surface area contributed by atoms with E-state index in [0.717, 1.165) is 61.5 Å². The lowest BCUT2D eigenvalue weighted by Gasteiger charge is -2.22. The SMILES string of the molecule is CC1(C)CC(C)(C)c2cc(-c3ccccc3-n3c4ccccc4c4ccc5c6ccccc6n(-c6nc(-c7ccccc7)nc(-c7ccc8ccccc8c7)n6)c5c43)ccc21. The third-order valence-corrected chi connectivity index (χ3v) is 13.1. The van der Waals surface area contributed by atoms with Crippen LogP contribution < -0.4 is 0 Å². The Hall–Kier alpha value is -7.37. The van der Waals surface area contributed by atoms with Crippen molar-refractivity contribution >= 4 is 54.4 Å². The second kappa shape index (κ2) is 13.1. The van der Waals surface area contributed by atoms with Gasteiger partial charge in [-0.1, -0.05) is 179 Å². The number of para-hydroxylation sites is 3. The molecule has 0 saturated heterocycles. The van der Waals surface area contributed by atoms with Crippen LogP contribution in [0.25, 0.3) is 99.9 Å². The van der Waals surface area contributed by atoms with Crippen LogP contribution in [-0.2, 0) is 10.8 Å². The van der Waals surface area contributed by atoms with E-state index in [1.807, 2.05) is 18.2 Å². The number of aromatic nitrogens is 5. The van der Waals surface area contributed by atoms with Gasteiger partial charge in [-0.05, 0) is 69.0 Å². The highest BCUT2D eigenvalue weighted by atomic mass is 15.2. The van der Waals surface area contributed by atoms with Crippen molar-refractivity contribution in [1.82, 2.24) is 24.1 Å². The normalized spacial score (nSPS) is 14.4. The van der Waals surface area contributed by atoms with Crippen molar-refractivity contribution in [2.75, 3.05) is 0 Å². The summed E-state index contributed by atoms with van der Waals surface area (Å²) in [4.78, 5) is 15.9. The molecule has 3 heterocycles. The Bertz CT molecular complexity index is 3570. The maximum atomic E-state index is 5.40. The molecule has 0 spiro atoms. The smallest absolute Gasteiger partial charge is 0.238 e. The lowest BCUT2D eigenvalue weighted by Crippen LogP contribution is -2.17. The number of fused-ring (bicyclic) bond motifs is 9. The van der Waals surface area contributed by atoms with Gasteiger partial charge >= 0.3 is 0 Å². The van der Waals surface area contributed by atoms with Gasteiger partial charge in [0.05, 0.1) is 27.8 Å². The van der Waals surface area contributed by atoms with Crippen LogP contribution in [0, 0.1) is 0 Å². The van der Waals surface area contributed by atoms with Crippen LogP contribution >= 0.6 is 0 Å². The van der Waals surface area contributed by atoms with Gasteiger partial charge in [-0.2, -0.15) is 9.97 Å². The van der Waals surface area contributed by atoms with E-state index in [0.29, 0.717) is 17.6 Å². The molecule has 0 amide bonds. The van der Waals surface area contributed by atoms with Gasteiger partial charge in [-0.3, -0.25) is 4.57 Å². The van der Waals surface area contributed by atoms with Crippen LogP contribution in [0.4, 0.5) is 0 Å². The molecule has 0 unspecified atom stereocenters. The van der Waals surface area contributed by atoms with Gasteiger partial charge < -0.3 is 4.57 Å². The van der Waals surface area contributed by atoms with E-state index in [1.165, 1.54) is 38.4 Å². The van der Waals surface area contributed by atoms with Crippen LogP contribution in [-0.4, -0.2) is 24.1 Å². The molecule has 5 heteroatoms. The Morgan fingerprint density at radius 1 is 0.410 bits per heavy atom. The Morgan fingerprint density at radius 3 is 1.74 bits per heavy atom. The third-order valence-electron chi connectivity index (χ3n) is 13.1. The zero-order valence-corrected chi connectivity index (χ0v) is 34.7. The van der Waals surface area contributed by atoms with Crippen LogP contribution in [0.2, 0.25) is 0 Å². The van der Waals surface area contributed by atoms with Crippen LogP contribution in [0.5, 0.6) is 0 Å². The Labute approximate surface area is 354 Å². The molecule has 61 heavy (non-hydrogen) atoms. The first-order valence-electron chi connectivity index (χ1n) is 21.2. The van der Waals surface area contributed by atoms with E-state index in [4.69, 9.17) is 15.0 Å². The van der Waals surface area contributed by atoms with Crippen molar-refractivity contribution in [2.45, 2.75) is 44.9 Å². The zero-order valence-electron chi connectivity index (χ0n) is 34.7. The molecule has 292 valence electrons. The van der Waals surface area contributed by atoms with Crippen molar-refractivity contribution in [2.24, 2.45) is 0 Å². The number of nitrogens with zero attached hydrogens (tertiary/aromatic N) is 5. The molecule has 0 atom stereocenters. The van der Waals surface area contributed by atoms with E-state index in [1.54, 1.807) is 0 Å². The molecule has 0 N–H and O–H groups in total. The second-order valence-electron chi connectivity index (χ2n) is 18.0. The van der Waals surface area contributed by atoms with Gasteiger partial charge in [0.1, 0.15) is 0 Å². The topological polar surface area (TPSA) is 48.5 Å². The van der Waals surface area contributed by atoms with Crippen LogP contribution in [0.15, 0.2) is 176 Å². The van der Waals surface area contributed by atoms with E-state index in [2.05, 4.69) is 195 Å². The Morgan fingerprint density at radius 2 is 0.984 bits per heavy atom. The minimum absolute atomic E-state index is 0.0819. The van der Waals surface area contributed by atoms with Crippen LogP contribution in [0.3, 0.4) is 0 Å². The fraction of sp³-hybridized carbons (Fsp3) is 0.125. The molecular weight excluding hydrogens is 743 g/mol. The first-order valence-corrected chi connectivity index (χ1v) is 21.2. The highest BCUT2D eigenvalue weighted by Crippen LogP contribution is 2.51. The molecular formula is C56H43N5. The number of benzene rings is 8. The maximum absolute atomic E-state index is 5.40. The summed E-state index contributed by atoms with van der Waals surface area (Å²) in [7, 11) is 0. The number of rotatable bonds is 5. The summed E-state index contributed by atoms with van der Waals surface area (Å²) in [6.07, 6.45) is 1.13. The summed E-state index contributed by atoms with van der Waals surface area (Å²) in [6, 6.07) is 63.3. The monoisotopic (exact) mass is 785 g/mol. The molecule has 0 bridgehead atoms. The molecule has 0 radical (unpaired) electrons. The van der Waals surface area contributed by atoms with Gasteiger partial charge in [0.25, 0.3) is 0 Å². The minimum Gasteiger partial charge on any atom is -0.307 e. The molecule has 0 fully saturated rings.